The molecule has 0 nitrogen and oxygen atoms in total. The minimum Gasteiger partial charge on any atom is -0.0651 e. The van der Waals surface area contributed by atoms with Crippen molar-refractivity contribution >= 4 is 0 Å². The Bertz CT molecular complexity index is 194. The second-order valence-corrected chi connectivity index (χ2v) is 7.91. The topological polar surface area (TPSA) is 0 Å². The summed E-state index contributed by atoms with van der Waals surface area (Å²) >= 11 is 0. The van der Waals surface area contributed by atoms with E-state index in [0.717, 1.165) is 23.7 Å². The zero-order valence-electron chi connectivity index (χ0n) is 15.4. The van der Waals surface area contributed by atoms with Gasteiger partial charge >= 0.3 is 0 Å². The summed E-state index contributed by atoms with van der Waals surface area (Å²) in [5.41, 5.74) is 0. The second kappa shape index (κ2) is 12.7. The van der Waals surface area contributed by atoms with Crippen LogP contribution in [0.5, 0.6) is 0 Å². The molecule has 0 saturated carbocycles. The van der Waals surface area contributed by atoms with Crippen molar-refractivity contribution in [3.63, 3.8) is 0 Å². The molecule has 0 aliphatic rings. The van der Waals surface area contributed by atoms with Crippen LogP contribution in [0.2, 0.25) is 0 Å². The van der Waals surface area contributed by atoms with E-state index in [9.17, 15) is 0 Å². The molecule has 0 rings (SSSR count). The average molecular weight is 283 g/mol. The second-order valence-electron chi connectivity index (χ2n) is 7.91. The smallest absolute Gasteiger partial charge is 0.0443 e. The Morgan fingerprint density at radius 2 is 0.850 bits per heavy atom. The van der Waals surface area contributed by atoms with Gasteiger partial charge in [-0.25, -0.2) is 0 Å². The first kappa shape index (κ1) is 20.0. The Balaban J connectivity index is 3.43. The van der Waals surface area contributed by atoms with Crippen molar-refractivity contribution in [1.82, 2.24) is 0 Å². The van der Waals surface area contributed by atoms with Crippen LogP contribution in [0.3, 0.4) is 0 Å². The maximum atomic E-state index is 2.46. The normalized spacial score (nSPS) is 16.4. The molecule has 122 valence electrons. The fourth-order valence-corrected chi connectivity index (χ4v) is 3.00. The van der Waals surface area contributed by atoms with Crippen LogP contribution in [0.4, 0.5) is 0 Å². The first-order valence-electron chi connectivity index (χ1n) is 9.45. The fraction of sp³-hybridized carbons (Fsp3) is 1.00. The number of rotatable bonds is 13. The molecular formula is C20H42. The molecule has 0 fully saturated rings. The quantitative estimate of drug-likeness (QED) is 0.328. The average Bonchev–Trinajstić information content (AvgIpc) is 2.38. The summed E-state index contributed by atoms with van der Waals surface area (Å²) in [6.07, 6.45) is 14.3. The molecule has 0 aliphatic heterocycles. The van der Waals surface area contributed by atoms with Crippen molar-refractivity contribution in [2.24, 2.45) is 23.7 Å². The van der Waals surface area contributed by atoms with Gasteiger partial charge in [-0.15, -0.1) is 0 Å². The van der Waals surface area contributed by atoms with E-state index in [4.69, 9.17) is 0 Å². The minimum atomic E-state index is 0.882. The maximum absolute atomic E-state index is 2.46. The lowest BCUT2D eigenvalue weighted by molar-refractivity contribution is 0.376. The molecule has 2 unspecified atom stereocenters. The third-order valence-corrected chi connectivity index (χ3v) is 4.96. The predicted octanol–water partition coefficient (Wildman–Crippen LogP) is 7.47. The standard InChI is InChI=1S/C20H42/c1-7-18(4)12-9-14-20(6)16-10-15-19(5)13-8-11-17(2)3/h17-20H,7-16H2,1-6H3/t18?,19-,20?/m1/s1. The molecule has 0 saturated heterocycles. The highest BCUT2D eigenvalue weighted by atomic mass is 14.1. The van der Waals surface area contributed by atoms with Gasteiger partial charge < -0.3 is 0 Å². The lowest BCUT2D eigenvalue weighted by Gasteiger charge is -2.15. The van der Waals surface area contributed by atoms with E-state index in [1.54, 1.807) is 0 Å². The van der Waals surface area contributed by atoms with Crippen molar-refractivity contribution in [3.05, 3.63) is 0 Å². The van der Waals surface area contributed by atoms with E-state index in [1.807, 2.05) is 0 Å². The molecule has 0 N–H and O–H groups in total. The molecule has 0 heteroatoms. The van der Waals surface area contributed by atoms with Crippen LogP contribution < -0.4 is 0 Å². The highest BCUT2D eigenvalue weighted by Crippen LogP contribution is 2.22. The van der Waals surface area contributed by atoms with Crippen molar-refractivity contribution in [3.8, 4) is 0 Å². The van der Waals surface area contributed by atoms with Gasteiger partial charge in [-0.3, -0.25) is 0 Å². The highest BCUT2D eigenvalue weighted by Gasteiger charge is 2.07. The molecular weight excluding hydrogens is 240 g/mol. The predicted molar refractivity (Wildman–Crippen MR) is 94.2 cm³/mol. The Hall–Kier alpha value is 0. The van der Waals surface area contributed by atoms with Crippen molar-refractivity contribution < 1.29 is 0 Å². The van der Waals surface area contributed by atoms with Gasteiger partial charge in [0.25, 0.3) is 0 Å². The third kappa shape index (κ3) is 13.0. The zero-order chi connectivity index (χ0) is 15.4. The molecule has 0 bridgehead atoms. The van der Waals surface area contributed by atoms with Gasteiger partial charge in [-0.05, 0) is 23.7 Å². The summed E-state index contributed by atoms with van der Waals surface area (Å²) in [6.45, 7) is 14.3. The SMILES string of the molecule is CCC(C)CCCC(C)CCC[C@H](C)CCCC(C)C. The Morgan fingerprint density at radius 3 is 1.20 bits per heavy atom. The van der Waals surface area contributed by atoms with E-state index in [0.29, 0.717) is 0 Å². The maximum Gasteiger partial charge on any atom is -0.0443 e. The van der Waals surface area contributed by atoms with Gasteiger partial charge in [-0.1, -0.05) is 106 Å². The van der Waals surface area contributed by atoms with E-state index in [2.05, 4.69) is 41.5 Å². The first-order chi connectivity index (χ1) is 9.45. The zero-order valence-corrected chi connectivity index (χ0v) is 15.4. The van der Waals surface area contributed by atoms with Crippen molar-refractivity contribution in [2.75, 3.05) is 0 Å². The molecule has 0 aromatic heterocycles. The molecule has 0 heterocycles. The monoisotopic (exact) mass is 282 g/mol. The van der Waals surface area contributed by atoms with Gasteiger partial charge in [0.2, 0.25) is 0 Å². The molecule has 0 aromatic carbocycles. The van der Waals surface area contributed by atoms with Crippen LogP contribution in [-0.2, 0) is 0 Å². The molecule has 0 radical (unpaired) electrons. The van der Waals surface area contributed by atoms with Crippen LogP contribution >= 0.6 is 0 Å². The van der Waals surface area contributed by atoms with Crippen LogP contribution in [0.1, 0.15) is 106 Å². The Kier molecular flexibility index (Phi) is 12.7. The molecule has 0 spiro atoms. The summed E-state index contributed by atoms with van der Waals surface area (Å²) in [4.78, 5) is 0. The third-order valence-electron chi connectivity index (χ3n) is 4.96. The van der Waals surface area contributed by atoms with E-state index >= 15 is 0 Å². The van der Waals surface area contributed by atoms with Crippen LogP contribution in [0.15, 0.2) is 0 Å². The largest absolute Gasteiger partial charge is 0.0651 e. The van der Waals surface area contributed by atoms with E-state index in [1.165, 1.54) is 64.2 Å². The summed E-state index contributed by atoms with van der Waals surface area (Å²) in [6, 6.07) is 0. The van der Waals surface area contributed by atoms with E-state index in [-0.39, 0.29) is 0 Å². The Labute approximate surface area is 130 Å². The van der Waals surface area contributed by atoms with Crippen LogP contribution in [0, 0.1) is 23.7 Å². The van der Waals surface area contributed by atoms with Gasteiger partial charge in [0.15, 0.2) is 0 Å². The van der Waals surface area contributed by atoms with Gasteiger partial charge in [0, 0.05) is 0 Å². The minimum absolute atomic E-state index is 0.882. The number of hydrogen-bond donors (Lipinski definition) is 0. The first-order valence-corrected chi connectivity index (χ1v) is 9.45. The van der Waals surface area contributed by atoms with Gasteiger partial charge in [0.1, 0.15) is 0 Å². The van der Waals surface area contributed by atoms with E-state index < -0.39 is 0 Å². The molecule has 20 heavy (non-hydrogen) atoms. The van der Waals surface area contributed by atoms with Crippen LogP contribution in [-0.4, -0.2) is 0 Å². The summed E-state index contributed by atoms with van der Waals surface area (Å²) in [7, 11) is 0. The molecule has 0 amide bonds. The van der Waals surface area contributed by atoms with Gasteiger partial charge in [-0.2, -0.15) is 0 Å². The fourth-order valence-electron chi connectivity index (χ4n) is 3.00. The molecule has 0 aliphatic carbocycles. The van der Waals surface area contributed by atoms with Crippen molar-refractivity contribution in [1.29, 1.82) is 0 Å². The summed E-state index contributed by atoms with van der Waals surface area (Å²) in [5, 5.41) is 0. The van der Waals surface area contributed by atoms with Gasteiger partial charge in [0.05, 0.1) is 0 Å². The molecule has 3 atom stereocenters. The lowest BCUT2D eigenvalue weighted by atomic mass is 9.91. The number of hydrogen-bond acceptors (Lipinski definition) is 0. The molecule has 0 aromatic rings. The van der Waals surface area contributed by atoms with Crippen LogP contribution in [0.25, 0.3) is 0 Å². The highest BCUT2D eigenvalue weighted by molar-refractivity contribution is 4.60. The Morgan fingerprint density at radius 1 is 0.500 bits per heavy atom. The summed E-state index contributed by atoms with van der Waals surface area (Å²) in [5.74, 6) is 3.71. The van der Waals surface area contributed by atoms with Crippen molar-refractivity contribution in [2.45, 2.75) is 106 Å². The summed E-state index contributed by atoms with van der Waals surface area (Å²) < 4.78 is 0. The lowest BCUT2D eigenvalue weighted by Crippen LogP contribution is -2.01.